The molecule has 2 heteroatoms. The van der Waals surface area contributed by atoms with Crippen molar-refractivity contribution in [1.29, 1.82) is 0 Å². The second-order valence-corrected chi connectivity index (χ2v) is 1.67. The van der Waals surface area contributed by atoms with Crippen LogP contribution in [0.3, 0.4) is 0 Å². The Kier molecular flexibility index (Phi) is 1.85. The van der Waals surface area contributed by atoms with Gasteiger partial charge in [-0.3, -0.25) is 0 Å². The molecule has 0 saturated carbocycles. The van der Waals surface area contributed by atoms with Gasteiger partial charge in [0.1, 0.15) is 0 Å². The highest BCUT2D eigenvalue weighted by atomic mass is 16.4. The molecule has 1 aromatic rings. The van der Waals surface area contributed by atoms with Crippen molar-refractivity contribution in [3.05, 3.63) is 41.1 Å². The molecule has 0 aliphatic heterocycles. The predicted octanol–water partition coefficient (Wildman–Crippen LogP) is -0.316. The van der Waals surface area contributed by atoms with Crippen LogP contribution in [-0.2, 0) is 0 Å². The van der Waals surface area contributed by atoms with Gasteiger partial charge in [0.2, 0.25) is 0 Å². The number of rotatable bonds is 1. The Morgan fingerprint density at radius 3 is 2.44 bits per heavy atom. The zero-order chi connectivity index (χ0) is 6.53. The van der Waals surface area contributed by atoms with Gasteiger partial charge < -0.3 is 5.21 Å². The molecule has 0 saturated heterocycles. The third-order valence-electron chi connectivity index (χ3n) is 1.03. The standard InChI is InChI=1S/C7H7NO/c9-8-6-7-4-2-1-3-5-7/h1-6,8H. The molecule has 1 aromatic carbocycles. The van der Waals surface area contributed by atoms with Crippen molar-refractivity contribution in [2.45, 2.75) is 0 Å². The molecule has 0 spiro atoms. The monoisotopic (exact) mass is 121 g/mol. The minimum absolute atomic E-state index is 0.896. The van der Waals surface area contributed by atoms with Crippen LogP contribution in [-0.4, -0.2) is 6.21 Å². The SMILES string of the molecule is [O-][NH+]=Cc1ccccc1. The number of hydrogen-bond acceptors (Lipinski definition) is 1. The topological polar surface area (TPSA) is 37.0 Å². The Hall–Kier alpha value is -1.31. The summed E-state index contributed by atoms with van der Waals surface area (Å²) in [5.74, 6) is 0. The van der Waals surface area contributed by atoms with Gasteiger partial charge >= 0.3 is 0 Å². The van der Waals surface area contributed by atoms with Gasteiger partial charge in [0.15, 0.2) is 6.21 Å². The fourth-order valence-corrected chi connectivity index (χ4v) is 0.617. The summed E-state index contributed by atoms with van der Waals surface area (Å²) in [7, 11) is 0. The van der Waals surface area contributed by atoms with Gasteiger partial charge in [-0.2, -0.15) is 0 Å². The summed E-state index contributed by atoms with van der Waals surface area (Å²) in [6, 6.07) is 9.37. The maximum absolute atomic E-state index is 9.79. The van der Waals surface area contributed by atoms with Crippen LogP contribution in [0.4, 0.5) is 0 Å². The molecule has 0 atom stereocenters. The molecule has 46 valence electrons. The summed E-state index contributed by atoms with van der Waals surface area (Å²) in [6.45, 7) is 0. The van der Waals surface area contributed by atoms with Crippen LogP contribution in [0.25, 0.3) is 0 Å². The molecule has 0 bridgehead atoms. The maximum atomic E-state index is 9.79. The first-order valence-electron chi connectivity index (χ1n) is 2.69. The lowest BCUT2D eigenvalue weighted by Gasteiger charge is -1.84. The van der Waals surface area contributed by atoms with Crippen LogP contribution in [0, 0.1) is 5.21 Å². The highest BCUT2D eigenvalue weighted by Crippen LogP contribution is 1.90. The van der Waals surface area contributed by atoms with Gasteiger partial charge in [0.05, 0.1) is 0 Å². The average molecular weight is 121 g/mol. The van der Waals surface area contributed by atoms with Crippen molar-refractivity contribution in [1.82, 2.24) is 0 Å². The Bertz CT molecular complexity index is 193. The van der Waals surface area contributed by atoms with Crippen LogP contribution in [0.2, 0.25) is 0 Å². The smallest absolute Gasteiger partial charge is 0.179 e. The predicted molar refractivity (Wildman–Crippen MR) is 35.9 cm³/mol. The summed E-state index contributed by atoms with van der Waals surface area (Å²) >= 11 is 0. The minimum atomic E-state index is 0.896. The first-order chi connectivity index (χ1) is 4.43. The van der Waals surface area contributed by atoms with E-state index < -0.39 is 0 Å². The lowest BCUT2D eigenvalue weighted by Crippen LogP contribution is -2.60. The van der Waals surface area contributed by atoms with E-state index in [1.165, 1.54) is 6.21 Å². The van der Waals surface area contributed by atoms with E-state index in [0.717, 1.165) is 5.56 Å². The normalized spacial score (nSPS) is 10.2. The van der Waals surface area contributed by atoms with E-state index in [1.54, 1.807) is 5.16 Å². The van der Waals surface area contributed by atoms with E-state index >= 15 is 0 Å². The van der Waals surface area contributed by atoms with Crippen molar-refractivity contribution in [2.24, 2.45) is 0 Å². The molecular weight excluding hydrogens is 114 g/mol. The molecule has 1 rings (SSSR count). The Balaban J connectivity index is 2.85. The van der Waals surface area contributed by atoms with E-state index in [1.807, 2.05) is 30.3 Å². The molecule has 0 fully saturated rings. The molecule has 9 heavy (non-hydrogen) atoms. The largest absolute Gasteiger partial charge is 0.625 e. The van der Waals surface area contributed by atoms with E-state index in [2.05, 4.69) is 0 Å². The van der Waals surface area contributed by atoms with Gasteiger partial charge in [-0.05, 0) is 12.1 Å². The van der Waals surface area contributed by atoms with Crippen molar-refractivity contribution in [3.63, 3.8) is 0 Å². The molecule has 2 nitrogen and oxygen atoms in total. The molecule has 0 radical (unpaired) electrons. The van der Waals surface area contributed by atoms with Crippen molar-refractivity contribution >= 4 is 6.21 Å². The lowest BCUT2D eigenvalue weighted by molar-refractivity contribution is -0.366. The quantitative estimate of drug-likeness (QED) is 0.309. The highest BCUT2D eigenvalue weighted by Gasteiger charge is 1.82. The number of hydrogen-bond donors (Lipinski definition) is 1. The molecule has 0 heterocycles. The Morgan fingerprint density at radius 2 is 1.89 bits per heavy atom. The van der Waals surface area contributed by atoms with Gasteiger partial charge in [-0.15, -0.1) is 0 Å². The second-order valence-electron chi connectivity index (χ2n) is 1.67. The third kappa shape index (κ3) is 1.57. The fraction of sp³-hybridized carbons (Fsp3) is 0. The van der Waals surface area contributed by atoms with Crippen molar-refractivity contribution in [2.75, 3.05) is 0 Å². The minimum Gasteiger partial charge on any atom is -0.625 e. The summed E-state index contributed by atoms with van der Waals surface area (Å²) < 4.78 is 0. The molecule has 0 unspecified atom stereocenters. The van der Waals surface area contributed by atoms with Crippen LogP contribution in [0.5, 0.6) is 0 Å². The van der Waals surface area contributed by atoms with Gasteiger partial charge in [-0.25, -0.2) is 5.16 Å². The first-order valence-corrected chi connectivity index (χ1v) is 2.69. The Morgan fingerprint density at radius 1 is 1.22 bits per heavy atom. The lowest BCUT2D eigenvalue weighted by atomic mass is 10.2. The summed E-state index contributed by atoms with van der Waals surface area (Å²) in [4.78, 5) is 0. The van der Waals surface area contributed by atoms with E-state index in [0.29, 0.717) is 0 Å². The van der Waals surface area contributed by atoms with Crippen molar-refractivity contribution < 1.29 is 5.16 Å². The third-order valence-corrected chi connectivity index (χ3v) is 1.03. The van der Waals surface area contributed by atoms with Crippen LogP contribution >= 0.6 is 0 Å². The van der Waals surface area contributed by atoms with Crippen LogP contribution in [0.1, 0.15) is 5.56 Å². The van der Waals surface area contributed by atoms with Gasteiger partial charge in [-0.1, -0.05) is 18.2 Å². The Labute approximate surface area is 53.4 Å². The van der Waals surface area contributed by atoms with E-state index in [-0.39, 0.29) is 0 Å². The second kappa shape index (κ2) is 2.87. The number of nitrogens with one attached hydrogen (secondary N) is 1. The zero-order valence-electron chi connectivity index (χ0n) is 4.87. The molecular formula is C7H7NO. The first kappa shape index (κ1) is 5.82. The van der Waals surface area contributed by atoms with Crippen molar-refractivity contribution in [3.8, 4) is 0 Å². The van der Waals surface area contributed by atoms with E-state index in [4.69, 9.17) is 0 Å². The van der Waals surface area contributed by atoms with Crippen LogP contribution in [0.15, 0.2) is 30.3 Å². The van der Waals surface area contributed by atoms with E-state index in [9.17, 15) is 5.21 Å². The molecule has 0 aromatic heterocycles. The summed E-state index contributed by atoms with van der Waals surface area (Å²) in [6.07, 6.45) is 1.40. The summed E-state index contributed by atoms with van der Waals surface area (Å²) in [5, 5.41) is 11.5. The fourth-order valence-electron chi connectivity index (χ4n) is 0.617. The molecule has 0 aliphatic carbocycles. The van der Waals surface area contributed by atoms with Crippen LogP contribution < -0.4 is 5.16 Å². The maximum Gasteiger partial charge on any atom is 0.179 e. The zero-order valence-corrected chi connectivity index (χ0v) is 4.87. The number of benzene rings is 1. The molecule has 1 N–H and O–H groups in total. The summed E-state index contributed by atoms with van der Waals surface area (Å²) in [5.41, 5.74) is 0.896. The van der Waals surface area contributed by atoms with Gasteiger partial charge in [0.25, 0.3) is 0 Å². The molecule has 0 aliphatic rings. The van der Waals surface area contributed by atoms with Gasteiger partial charge in [0, 0.05) is 5.56 Å². The highest BCUT2D eigenvalue weighted by molar-refractivity contribution is 5.74. The molecule has 0 amide bonds. The average Bonchev–Trinajstić information content (AvgIpc) is 1.91.